The standard InChI is InChI=1S/C22H23N3O5/c1-14(16-5-8-18-19(13-16)29-12-11-28-18)23-20(26)9-10-21-24-22(25-30-21)15-3-6-17(27-2)7-4-15/h3-8,13-14H,9-12H2,1-2H3,(H,23,26). The average molecular weight is 409 g/mol. The third kappa shape index (κ3) is 4.53. The van der Waals surface area contributed by atoms with Crippen LogP contribution in [0.1, 0.15) is 30.8 Å². The third-order valence-corrected chi connectivity index (χ3v) is 4.83. The van der Waals surface area contributed by atoms with Crippen LogP contribution in [0.5, 0.6) is 17.2 Å². The van der Waals surface area contributed by atoms with E-state index in [0.717, 1.165) is 22.6 Å². The molecule has 0 fully saturated rings. The van der Waals surface area contributed by atoms with E-state index < -0.39 is 0 Å². The third-order valence-electron chi connectivity index (χ3n) is 4.83. The topological polar surface area (TPSA) is 95.7 Å². The Bertz CT molecular complexity index is 1020. The molecule has 156 valence electrons. The molecule has 1 atom stereocenters. The number of fused-ring (bicyclic) bond motifs is 1. The van der Waals surface area contributed by atoms with Gasteiger partial charge in [-0.1, -0.05) is 11.2 Å². The molecule has 1 aliphatic rings. The van der Waals surface area contributed by atoms with Crippen molar-refractivity contribution in [2.24, 2.45) is 0 Å². The van der Waals surface area contributed by atoms with Crippen molar-refractivity contribution in [2.45, 2.75) is 25.8 Å². The number of aryl methyl sites for hydroxylation is 1. The van der Waals surface area contributed by atoms with Gasteiger partial charge in [0.2, 0.25) is 17.6 Å². The molecule has 1 amide bonds. The Labute approximate surface area is 174 Å². The first-order valence-corrected chi connectivity index (χ1v) is 9.78. The summed E-state index contributed by atoms with van der Waals surface area (Å²) in [6.45, 7) is 3.01. The summed E-state index contributed by atoms with van der Waals surface area (Å²) < 4.78 is 21.6. The molecule has 0 saturated heterocycles. The van der Waals surface area contributed by atoms with Crippen molar-refractivity contribution in [3.63, 3.8) is 0 Å². The number of benzene rings is 2. The van der Waals surface area contributed by atoms with Crippen LogP contribution >= 0.6 is 0 Å². The molecular weight excluding hydrogens is 386 g/mol. The summed E-state index contributed by atoms with van der Waals surface area (Å²) in [5, 5.41) is 6.97. The van der Waals surface area contributed by atoms with Crippen LogP contribution in [-0.4, -0.2) is 36.4 Å². The number of nitrogens with zero attached hydrogens (tertiary/aromatic N) is 2. The predicted octanol–water partition coefficient (Wildman–Crippen LogP) is 3.33. The van der Waals surface area contributed by atoms with E-state index in [1.807, 2.05) is 49.4 Å². The average Bonchev–Trinajstić information content (AvgIpc) is 3.26. The molecule has 8 heteroatoms. The Morgan fingerprint density at radius 3 is 2.67 bits per heavy atom. The first-order valence-electron chi connectivity index (χ1n) is 9.78. The molecule has 4 rings (SSSR count). The number of hydrogen-bond donors (Lipinski definition) is 1. The van der Waals surface area contributed by atoms with Crippen LogP contribution in [0.4, 0.5) is 0 Å². The summed E-state index contributed by atoms with van der Waals surface area (Å²) in [5.41, 5.74) is 1.77. The Hall–Kier alpha value is -3.55. The van der Waals surface area contributed by atoms with Gasteiger partial charge in [-0.3, -0.25) is 4.79 Å². The van der Waals surface area contributed by atoms with E-state index in [1.165, 1.54) is 0 Å². The molecule has 1 unspecified atom stereocenters. The lowest BCUT2D eigenvalue weighted by atomic mass is 10.1. The second-order valence-electron chi connectivity index (χ2n) is 6.93. The fourth-order valence-electron chi connectivity index (χ4n) is 3.16. The lowest BCUT2D eigenvalue weighted by Gasteiger charge is -2.21. The highest BCUT2D eigenvalue weighted by Crippen LogP contribution is 2.32. The molecule has 3 aromatic rings. The van der Waals surface area contributed by atoms with Crippen LogP contribution in [0.25, 0.3) is 11.4 Å². The summed E-state index contributed by atoms with van der Waals surface area (Å²) in [5.74, 6) is 3.00. The highest BCUT2D eigenvalue weighted by atomic mass is 16.6. The van der Waals surface area contributed by atoms with E-state index in [2.05, 4.69) is 15.5 Å². The highest BCUT2D eigenvalue weighted by Gasteiger charge is 2.17. The Morgan fingerprint density at radius 1 is 1.13 bits per heavy atom. The van der Waals surface area contributed by atoms with Crippen molar-refractivity contribution >= 4 is 5.91 Å². The van der Waals surface area contributed by atoms with Gasteiger partial charge in [-0.25, -0.2) is 0 Å². The predicted molar refractivity (Wildman–Crippen MR) is 109 cm³/mol. The molecule has 0 spiro atoms. The van der Waals surface area contributed by atoms with Crippen LogP contribution in [0.15, 0.2) is 47.0 Å². The maximum atomic E-state index is 12.4. The van der Waals surface area contributed by atoms with Crippen molar-refractivity contribution in [1.82, 2.24) is 15.5 Å². The maximum absolute atomic E-state index is 12.4. The summed E-state index contributed by atoms with van der Waals surface area (Å²) in [6.07, 6.45) is 0.613. The SMILES string of the molecule is COc1ccc(-c2noc(CCC(=O)NC(C)c3ccc4c(c3)OCCO4)n2)cc1. The van der Waals surface area contributed by atoms with E-state index in [4.69, 9.17) is 18.7 Å². The van der Waals surface area contributed by atoms with Crippen molar-refractivity contribution in [1.29, 1.82) is 0 Å². The number of amides is 1. The van der Waals surface area contributed by atoms with Gasteiger partial charge >= 0.3 is 0 Å². The number of ether oxygens (including phenoxy) is 3. The van der Waals surface area contributed by atoms with Crippen molar-refractivity contribution < 1.29 is 23.5 Å². The lowest BCUT2D eigenvalue weighted by molar-refractivity contribution is -0.121. The zero-order valence-electron chi connectivity index (χ0n) is 16.9. The molecule has 0 aliphatic carbocycles. The zero-order chi connectivity index (χ0) is 20.9. The number of hydrogen-bond acceptors (Lipinski definition) is 7. The second-order valence-corrected chi connectivity index (χ2v) is 6.93. The van der Waals surface area contributed by atoms with Gasteiger partial charge in [0.1, 0.15) is 19.0 Å². The monoisotopic (exact) mass is 409 g/mol. The number of carbonyl (C=O) groups excluding carboxylic acids is 1. The van der Waals surface area contributed by atoms with Crippen molar-refractivity contribution in [2.75, 3.05) is 20.3 Å². The van der Waals surface area contributed by atoms with Gasteiger partial charge in [0.15, 0.2) is 11.5 Å². The Morgan fingerprint density at radius 2 is 1.90 bits per heavy atom. The van der Waals surface area contributed by atoms with Crippen LogP contribution < -0.4 is 19.5 Å². The molecule has 1 aliphatic heterocycles. The smallest absolute Gasteiger partial charge is 0.227 e. The lowest BCUT2D eigenvalue weighted by Crippen LogP contribution is -2.27. The van der Waals surface area contributed by atoms with E-state index in [1.54, 1.807) is 7.11 Å². The minimum Gasteiger partial charge on any atom is -0.497 e. The number of carbonyl (C=O) groups is 1. The normalized spacial score (nSPS) is 13.5. The first-order chi connectivity index (χ1) is 14.6. The minimum absolute atomic E-state index is 0.0958. The van der Waals surface area contributed by atoms with Gasteiger partial charge < -0.3 is 24.1 Å². The van der Waals surface area contributed by atoms with Gasteiger partial charge in [0.25, 0.3) is 0 Å². The Balaban J connectivity index is 1.31. The van der Waals surface area contributed by atoms with Gasteiger partial charge in [0.05, 0.1) is 13.2 Å². The van der Waals surface area contributed by atoms with Gasteiger partial charge in [-0.2, -0.15) is 4.98 Å². The first kappa shape index (κ1) is 19.8. The van der Waals surface area contributed by atoms with E-state index in [0.29, 0.717) is 37.1 Å². The molecule has 1 aromatic heterocycles. The number of methoxy groups -OCH3 is 1. The van der Waals surface area contributed by atoms with Gasteiger partial charge in [-0.05, 0) is 48.9 Å². The summed E-state index contributed by atoms with van der Waals surface area (Å²) >= 11 is 0. The number of rotatable bonds is 7. The second kappa shape index (κ2) is 8.86. The molecular formula is C22H23N3O5. The molecule has 0 saturated carbocycles. The molecule has 2 aromatic carbocycles. The molecule has 8 nitrogen and oxygen atoms in total. The van der Waals surface area contributed by atoms with Crippen LogP contribution in [0.2, 0.25) is 0 Å². The number of aromatic nitrogens is 2. The van der Waals surface area contributed by atoms with Crippen molar-refractivity contribution in [3.05, 3.63) is 53.9 Å². The summed E-state index contributed by atoms with van der Waals surface area (Å²) in [4.78, 5) is 16.7. The quantitative estimate of drug-likeness (QED) is 0.639. The Kier molecular flexibility index (Phi) is 5.83. The fraction of sp³-hybridized carbons (Fsp3) is 0.318. The molecule has 0 radical (unpaired) electrons. The van der Waals surface area contributed by atoms with Gasteiger partial charge in [-0.15, -0.1) is 0 Å². The van der Waals surface area contributed by atoms with Gasteiger partial charge in [0, 0.05) is 18.4 Å². The molecule has 0 bridgehead atoms. The highest BCUT2D eigenvalue weighted by molar-refractivity contribution is 5.76. The summed E-state index contributed by atoms with van der Waals surface area (Å²) in [7, 11) is 1.61. The van der Waals surface area contributed by atoms with E-state index in [9.17, 15) is 4.79 Å². The molecule has 1 N–H and O–H groups in total. The van der Waals surface area contributed by atoms with Crippen LogP contribution in [0.3, 0.4) is 0 Å². The van der Waals surface area contributed by atoms with Crippen LogP contribution in [-0.2, 0) is 11.2 Å². The molecule has 30 heavy (non-hydrogen) atoms. The van der Waals surface area contributed by atoms with E-state index in [-0.39, 0.29) is 18.4 Å². The summed E-state index contributed by atoms with van der Waals surface area (Å²) in [6, 6.07) is 12.9. The fourth-order valence-corrected chi connectivity index (χ4v) is 3.16. The zero-order valence-corrected chi connectivity index (χ0v) is 16.9. The minimum atomic E-state index is -0.161. The maximum Gasteiger partial charge on any atom is 0.227 e. The van der Waals surface area contributed by atoms with Crippen LogP contribution in [0, 0.1) is 0 Å². The van der Waals surface area contributed by atoms with Crippen molar-refractivity contribution in [3.8, 4) is 28.6 Å². The largest absolute Gasteiger partial charge is 0.497 e. The molecule has 2 heterocycles. The number of nitrogens with one attached hydrogen (secondary N) is 1. The van der Waals surface area contributed by atoms with E-state index >= 15 is 0 Å².